The van der Waals surface area contributed by atoms with E-state index in [9.17, 15) is 19.8 Å². The summed E-state index contributed by atoms with van der Waals surface area (Å²) in [5.41, 5.74) is 3.31. The Morgan fingerprint density at radius 1 is 0.950 bits per heavy atom. The highest BCUT2D eigenvalue weighted by molar-refractivity contribution is 6.46. The van der Waals surface area contributed by atoms with Gasteiger partial charge in [0.2, 0.25) is 0 Å². The molecule has 8 nitrogen and oxygen atoms in total. The van der Waals surface area contributed by atoms with Gasteiger partial charge in [0, 0.05) is 31.7 Å². The molecule has 0 bridgehead atoms. The predicted octanol–water partition coefficient (Wildman–Crippen LogP) is 4.42. The molecule has 1 amide bonds. The number of likely N-dealkylation sites (tertiary alicyclic amines) is 1. The van der Waals surface area contributed by atoms with Crippen LogP contribution < -0.4 is 4.74 Å². The molecular weight excluding hydrogens is 508 g/mol. The van der Waals surface area contributed by atoms with Crippen LogP contribution in [0.1, 0.15) is 34.7 Å². The highest BCUT2D eigenvalue weighted by Crippen LogP contribution is 2.40. The molecular formula is C32H34N2O6. The molecule has 0 aromatic heterocycles. The number of hydrogen-bond donors (Lipinski definition) is 2. The fourth-order valence-electron chi connectivity index (χ4n) is 5.20. The van der Waals surface area contributed by atoms with Crippen LogP contribution in [0.3, 0.4) is 0 Å². The third kappa shape index (κ3) is 6.03. The van der Waals surface area contributed by atoms with Crippen molar-refractivity contribution in [2.24, 2.45) is 0 Å². The van der Waals surface area contributed by atoms with Gasteiger partial charge in [-0.2, -0.15) is 0 Å². The summed E-state index contributed by atoms with van der Waals surface area (Å²) >= 11 is 0. The van der Waals surface area contributed by atoms with Crippen molar-refractivity contribution in [1.82, 2.24) is 9.80 Å². The van der Waals surface area contributed by atoms with Crippen LogP contribution in [0.4, 0.5) is 0 Å². The monoisotopic (exact) mass is 542 g/mol. The van der Waals surface area contributed by atoms with Gasteiger partial charge in [0.05, 0.1) is 24.8 Å². The fraction of sp³-hybridized carbons (Fsp3) is 0.312. The number of morpholine rings is 1. The number of aryl methyl sites for hydroxylation is 1. The van der Waals surface area contributed by atoms with Gasteiger partial charge in [0.25, 0.3) is 11.7 Å². The third-order valence-electron chi connectivity index (χ3n) is 7.51. The van der Waals surface area contributed by atoms with Gasteiger partial charge in [-0.05, 0) is 66.4 Å². The van der Waals surface area contributed by atoms with Gasteiger partial charge >= 0.3 is 0 Å². The number of hydrogen-bond acceptors (Lipinski definition) is 7. The summed E-state index contributed by atoms with van der Waals surface area (Å²) in [5.74, 6) is -0.896. The van der Waals surface area contributed by atoms with Gasteiger partial charge in [-0.1, -0.05) is 36.4 Å². The van der Waals surface area contributed by atoms with Crippen molar-refractivity contribution in [1.29, 1.82) is 0 Å². The number of phenolic OH excluding ortho intramolecular Hbond substituents is 1. The molecule has 2 saturated heterocycles. The summed E-state index contributed by atoms with van der Waals surface area (Å²) in [6.07, 6.45) is 0.675. The van der Waals surface area contributed by atoms with E-state index in [1.165, 1.54) is 17.0 Å². The molecule has 208 valence electrons. The molecule has 0 radical (unpaired) electrons. The molecule has 3 aromatic rings. The number of Topliss-reactive ketones (excluding diaryl/α,β-unsaturated/α-hetero) is 1. The standard InChI is InChI=1S/C32H34N2O6/c1-22-5-2-3-6-25(22)21-40-27-13-9-24(10-14-27)30(36)28-29(23-7-11-26(35)12-8-23)34(32(38)31(28)37)16-4-15-33-17-19-39-20-18-33/h2-3,5-14,29,35-36H,4,15-21H2,1H3/b30-28+/t29-/m0/s1. The number of amides is 1. The van der Waals surface area contributed by atoms with Gasteiger partial charge in [0.15, 0.2) is 0 Å². The average molecular weight is 543 g/mol. The summed E-state index contributed by atoms with van der Waals surface area (Å²) in [6, 6.07) is 20.5. The second-order valence-corrected chi connectivity index (χ2v) is 10.1. The molecule has 0 spiro atoms. The lowest BCUT2D eigenvalue weighted by Gasteiger charge is -2.29. The maximum absolute atomic E-state index is 13.3. The van der Waals surface area contributed by atoms with Crippen LogP contribution in [0.25, 0.3) is 5.76 Å². The first-order valence-corrected chi connectivity index (χ1v) is 13.6. The second-order valence-electron chi connectivity index (χ2n) is 10.1. The van der Waals surface area contributed by atoms with Gasteiger partial charge in [-0.15, -0.1) is 0 Å². The molecule has 0 unspecified atom stereocenters. The molecule has 40 heavy (non-hydrogen) atoms. The predicted molar refractivity (Wildman–Crippen MR) is 151 cm³/mol. The van der Waals surface area contributed by atoms with Crippen LogP contribution >= 0.6 is 0 Å². The van der Waals surface area contributed by atoms with Gasteiger partial charge in [-0.25, -0.2) is 0 Å². The number of ether oxygens (including phenoxy) is 2. The van der Waals surface area contributed by atoms with Crippen LogP contribution in [0.5, 0.6) is 11.5 Å². The van der Waals surface area contributed by atoms with Crippen LogP contribution in [-0.2, 0) is 20.9 Å². The number of aromatic hydroxyl groups is 1. The van der Waals surface area contributed by atoms with E-state index in [1.54, 1.807) is 36.4 Å². The third-order valence-corrected chi connectivity index (χ3v) is 7.51. The first-order chi connectivity index (χ1) is 19.4. The fourth-order valence-corrected chi connectivity index (χ4v) is 5.20. The molecule has 2 N–H and O–H groups in total. The number of carbonyl (C=O) groups is 2. The van der Waals surface area contributed by atoms with Crippen LogP contribution in [-0.4, -0.2) is 71.1 Å². The van der Waals surface area contributed by atoms with Crippen LogP contribution in [0, 0.1) is 6.92 Å². The Bertz CT molecular complexity index is 1380. The van der Waals surface area contributed by atoms with Gasteiger partial charge in [-0.3, -0.25) is 14.5 Å². The number of aliphatic hydroxyl groups is 1. The largest absolute Gasteiger partial charge is 0.508 e. The van der Waals surface area contributed by atoms with E-state index >= 15 is 0 Å². The lowest BCUT2D eigenvalue weighted by atomic mass is 9.95. The lowest BCUT2D eigenvalue weighted by molar-refractivity contribution is -0.140. The minimum absolute atomic E-state index is 0.0376. The molecule has 2 heterocycles. The maximum Gasteiger partial charge on any atom is 0.295 e. The highest BCUT2D eigenvalue weighted by Gasteiger charge is 2.45. The van der Waals surface area contributed by atoms with Crippen LogP contribution in [0.15, 0.2) is 78.4 Å². The Morgan fingerprint density at radius 2 is 1.65 bits per heavy atom. The van der Waals surface area contributed by atoms with E-state index in [4.69, 9.17) is 9.47 Å². The molecule has 2 fully saturated rings. The Balaban J connectivity index is 1.38. The van der Waals surface area contributed by atoms with Crippen molar-refractivity contribution in [2.75, 3.05) is 39.4 Å². The number of benzene rings is 3. The van der Waals surface area contributed by atoms with Crippen molar-refractivity contribution in [3.05, 3.63) is 101 Å². The van der Waals surface area contributed by atoms with E-state index in [0.29, 0.717) is 49.7 Å². The number of ketones is 1. The number of carbonyl (C=O) groups excluding carboxylic acids is 2. The van der Waals surface area contributed by atoms with Gasteiger partial charge in [0.1, 0.15) is 23.9 Å². The molecule has 8 heteroatoms. The number of aliphatic hydroxyl groups excluding tert-OH is 1. The van der Waals surface area contributed by atoms with E-state index in [-0.39, 0.29) is 17.1 Å². The summed E-state index contributed by atoms with van der Waals surface area (Å²) in [7, 11) is 0. The smallest absolute Gasteiger partial charge is 0.295 e. The normalized spacial score (nSPS) is 19.2. The summed E-state index contributed by atoms with van der Waals surface area (Å²) in [6.45, 7) is 6.63. The summed E-state index contributed by atoms with van der Waals surface area (Å²) < 4.78 is 11.3. The van der Waals surface area contributed by atoms with E-state index in [0.717, 1.165) is 30.8 Å². The first kappa shape index (κ1) is 27.4. The molecule has 0 aliphatic carbocycles. The minimum Gasteiger partial charge on any atom is -0.508 e. The van der Waals surface area contributed by atoms with Crippen molar-refractivity contribution in [2.45, 2.75) is 26.0 Å². The number of rotatable bonds is 9. The first-order valence-electron chi connectivity index (χ1n) is 13.6. The molecule has 3 aromatic carbocycles. The van der Waals surface area contributed by atoms with E-state index < -0.39 is 17.7 Å². The molecule has 2 aliphatic heterocycles. The van der Waals surface area contributed by atoms with Crippen molar-refractivity contribution < 1.29 is 29.3 Å². The quantitative estimate of drug-likeness (QED) is 0.235. The zero-order valence-corrected chi connectivity index (χ0v) is 22.6. The second kappa shape index (κ2) is 12.4. The Kier molecular flexibility index (Phi) is 8.48. The Hall–Kier alpha value is -4.14. The SMILES string of the molecule is Cc1ccccc1COc1ccc(/C(O)=C2\C(=O)C(=O)N(CCCN3CCOCC3)[C@H]2c2ccc(O)cc2)cc1. The Morgan fingerprint density at radius 3 is 2.35 bits per heavy atom. The maximum atomic E-state index is 13.3. The summed E-state index contributed by atoms with van der Waals surface area (Å²) in [4.78, 5) is 30.3. The molecule has 1 atom stereocenters. The van der Waals surface area contributed by atoms with E-state index in [1.807, 2.05) is 31.2 Å². The van der Waals surface area contributed by atoms with Crippen molar-refractivity contribution >= 4 is 17.4 Å². The highest BCUT2D eigenvalue weighted by atomic mass is 16.5. The number of phenols is 1. The average Bonchev–Trinajstić information content (AvgIpc) is 3.23. The van der Waals surface area contributed by atoms with Gasteiger partial charge < -0.3 is 24.6 Å². The van der Waals surface area contributed by atoms with Crippen molar-refractivity contribution in [3.63, 3.8) is 0 Å². The van der Waals surface area contributed by atoms with Crippen LogP contribution in [0.2, 0.25) is 0 Å². The van der Waals surface area contributed by atoms with Crippen molar-refractivity contribution in [3.8, 4) is 11.5 Å². The molecule has 2 aliphatic rings. The zero-order chi connectivity index (χ0) is 28.1. The molecule has 0 saturated carbocycles. The number of nitrogens with zero attached hydrogens (tertiary/aromatic N) is 2. The Labute approximate surface area is 234 Å². The topological polar surface area (TPSA) is 99.5 Å². The van der Waals surface area contributed by atoms with E-state index in [2.05, 4.69) is 4.90 Å². The summed E-state index contributed by atoms with van der Waals surface area (Å²) in [5, 5.41) is 21.2. The molecule has 5 rings (SSSR count). The zero-order valence-electron chi connectivity index (χ0n) is 22.6. The lowest BCUT2D eigenvalue weighted by Crippen LogP contribution is -2.38. The minimum atomic E-state index is -0.762.